The Labute approximate surface area is 96.2 Å². The van der Waals surface area contributed by atoms with E-state index in [2.05, 4.69) is 15.4 Å². The lowest BCUT2D eigenvalue weighted by Gasteiger charge is -2.10. The number of aryl methyl sites for hydroxylation is 1. The van der Waals surface area contributed by atoms with Gasteiger partial charge in [0.05, 0.1) is 7.05 Å². The molecule has 0 aliphatic carbocycles. The number of benzene rings is 1. The van der Waals surface area contributed by atoms with Crippen LogP contribution in [-0.2, 0) is 13.5 Å². The van der Waals surface area contributed by atoms with Crippen LogP contribution in [0.15, 0.2) is 18.2 Å². The zero-order valence-corrected chi connectivity index (χ0v) is 9.14. The van der Waals surface area contributed by atoms with Gasteiger partial charge in [0.2, 0.25) is 0 Å². The highest BCUT2D eigenvalue weighted by molar-refractivity contribution is 5.22. The number of nitrogens with two attached hydrogens (primary N) is 1. The Bertz CT molecular complexity index is 525. The summed E-state index contributed by atoms with van der Waals surface area (Å²) < 4.78 is 26.4. The molecule has 0 saturated carbocycles. The van der Waals surface area contributed by atoms with Gasteiger partial charge in [-0.2, -0.15) is 4.80 Å². The van der Waals surface area contributed by atoms with Gasteiger partial charge in [-0.3, -0.25) is 0 Å². The molecule has 7 heteroatoms. The first-order valence-electron chi connectivity index (χ1n) is 5.00. The van der Waals surface area contributed by atoms with Gasteiger partial charge in [-0.15, -0.1) is 10.2 Å². The molecule has 5 nitrogen and oxygen atoms in total. The smallest absolute Gasteiger partial charge is 0.176 e. The molecule has 0 radical (unpaired) electrons. The van der Waals surface area contributed by atoms with Crippen molar-refractivity contribution >= 4 is 0 Å². The number of nitrogens with zero attached hydrogens (tertiary/aromatic N) is 4. The highest BCUT2D eigenvalue weighted by Crippen LogP contribution is 2.19. The van der Waals surface area contributed by atoms with Crippen molar-refractivity contribution in [1.82, 2.24) is 20.2 Å². The summed E-state index contributed by atoms with van der Waals surface area (Å²) in [6, 6.07) is 3.21. The zero-order chi connectivity index (χ0) is 12.4. The van der Waals surface area contributed by atoms with Crippen LogP contribution in [0.1, 0.15) is 17.4 Å². The molecule has 17 heavy (non-hydrogen) atoms. The lowest BCUT2D eigenvalue weighted by molar-refractivity contribution is 0.486. The number of hydrogen-bond acceptors (Lipinski definition) is 4. The van der Waals surface area contributed by atoms with Crippen molar-refractivity contribution in [2.24, 2.45) is 12.8 Å². The van der Waals surface area contributed by atoms with Crippen LogP contribution in [0.4, 0.5) is 8.78 Å². The summed E-state index contributed by atoms with van der Waals surface area (Å²) in [6.45, 7) is 0. The maximum Gasteiger partial charge on any atom is 0.176 e. The monoisotopic (exact) mass is 239 g/mol. The molecule has 2 rings (SSSR count). The first kappa shape index (κ1) is 11.6. The van der Waals surface area contributed by atoms with Crippen molar-refractivity contribution in [2.45, 2.75) is 12.5 Å². The second-order valence-electron chi connectivity index (χ2n) is 3.65. The lowest BCUT2D eigenvalue weighted by Crippen LogP contribution is -2.16. The maximum atomic E-state index is 13.4. The molecule has 1 heterocycles. The normalized spacial score (nSPS) is 12.7. The van der Waals surface area contributed by atoms with Crippen LogP contribution in [-0.4, -0.2) is 20.2 Å². The quantitative estimate of drug-likeness (QED) is 0.857. The topological polar surface area (TPSA) is 69.6 Å². The average Bonchev–Trinajstić information content (AvgIpc) is 2.68. The van der Waals surface area contributed by atoms with Gasteiger partial charge in [0.1, 0.15) is 0 Å². The Morgan fingerprint density at radius 3 is 2.82 bits per heavy atom. The molecule has 1 atom stereocenters. The lowest BCUT2D eigenvalue weighted by atomic mass is 10.0. The van der Waals surface area contributed by atoms with Crippen molar-refractivity contribution in [1.29, 1.82) is 0 Å². The minimum absolute atomic E-state index is 0.109. The number of rotatable bonds is 3. The molecule has 0 amide bonds. The van der Waals surface area contributed by atoms with Crippen molar-refractivity contribution < 1.29 is 8.78 Å². The fourth-order valence-electron chi connectivity index (χ4n) is 1.52. The van der Waals surface area contributed by atoms with Crippen molar-refractivity contribution in [2.75, 3.05) is 0 Å². The molecular formula is C10H11F2N5. The van der Waals surface area contributed by atoms with Crippen molar-refractivity contribution in [3.8, 4) is 0 Å². The average molecular weight is 239 g/mol. The molecule has 90 valence electrons. The third kappa shape index (κ3) is 2.44. The van der Waals surface area contributed by atoms with E-state index in [1.54, 1.807) is 7.05 Å². The minimum atomic E-state index is -0.927. The van der Waals surface area contributed by atoms with Crippen molar-refractivity contribution in [3.05, 3.63) is 41.2 Å². The van der Waals surface area contributed by atoms with Crippen LogP contribution in [0, 0.1) is 11.6 Å². The van der Waals surface area contributed by atoms with Gasteiger partial charge in [-0.25, -0.2) is 8.78 Å². The summed E-state index contributed by atoms with van der Waals surface area (Å²) in [7, 11) is 1.62. The molecule has 0 aliphatic rings. The molecule has 0 fully saturated rings. The Morgan fingerprint density at radius 2 is 2.18 bits per heavy atom. The molecule has 0 bridgehead atoms. The third-order valence-electron chi connectivity index (χ3n) is 2.33. The fourth-order valence-corrected chi connectivity index (χ4v) is 1.52. The van der Waals surface area contributed by atoms with Gasteiger partial charge in [0.15, 0.2) is 17.5 Å². The zero-order valence-electron chi connectivity index (χ0n) is 9.14. The van der Waals surface area contributed by atoms with Crippen molar-refractivity contribution in [3.63, 3.8) is 0 Å². The van der Waals surface area contributed by atoms with Gasteiger partial charge >= 0.3 is 0 Å². The third-order valence-corrected chi connectivity index (χ3v) is 2.33. The van der Waals surface area contributed by atoms with Crippen LogP contribution in [0.3, 0.4) is 0 Å². The summed E-state index contributed by atoms with van der Waals surface area (Å²) in [5.41, 5.74) is 5.89. The van der Waals surface area contributed by atoms with Crippen LogP contribution in [0.2, 0.25) is 0 Å². The van der Waals surface area contributed by atoms with E-state index < -0.39 is 17.7 Å². The number of hydrogen-bond donors (Lipinski definition) is 1. The molecule has 2 aromatic rings. The fraction of sp³-hybridized carbons (Fsp3) is 0.300. The molecule has 0 saturated heterocycles. The maximum absolute atomic E-state index is 13.4. The van der Waals surface area contributed by atoms with Crippen LogP contribution in [0.5, 0.6) is 0 Å². The van der Waals surface area contributed by atoms with Gasteiger partial charge in [-0.05, 0) is 11.3 Å². The Kier molecular flexibility index (Phi) is 3.10. The SMILES string of the molecule is Cn1nnc(CC(N)c2cccc(F)c2F)n1. The molecule has 0 spiro atoms. The van der Waals surface area contributed by atoms with E-state index in [-0.39, 0.29) is 12.0 Å². The standard InChI is InChI=1S/C10H11F2N5/c1-17-15-9(14-16-17)5-8(13)6-3-2-4-7(11)10(6)12/h2-4,8H,5,13H2,1H3. The summed E-state index contributed by atoms with van der Waals surface area (Å²) in [4.78, 5) is 1.28. The highest BCUT2D eigenvalue weighted by Gasteiger charge is 2.16. The molecule has 2 N–H and O–H groups in total. The first-order valence-corrected chi connectivity index (χ1v) is 5.00. The Morgan fingerprint density at radius 1 is 1.41 bits per heavy atom. The molecule has 1 aromatic heterocycles. The Hall–Kier alpha value is -1.89. The summed E-state index contributed by atoms with van der Waals surface area (Å²) >= 11 is 0. The largest absolute Gasteiger partial charge is 0.323 e. The van der Waals surface area contributed by atoms with E-state index in [0.717, 1.165) is 6.07 Å². The predicted molar refractivity (Wildman–Crippen MR) is 55.8 cm³/mol. The predicted octanol–water partition coefficient (Wildman–Crippen LogP) is 0.731. The molecular weight excluding hydrogens is 228 g/mol. The van der Waals surface area contributed by atoms with Gasteiger partial charge in [0.25, 0.3) is 0 Å². The summed E-state index contributed by atoms with van der Waals surface area (Å²) in [6.07, 6.45) is 0.203. The van der Waals surface area contributed by atoms with E-state index in [0.29, 0.717) is 5.82 Å². The second kappa shape index (κ2) is 4.54. The van der Waals surface area contributed by atoms with Gasteiger partial charge < -0.3 is 5.73 Å². The van der Waals surface area contributed by atoms with E-state index in [9.17, 15) is 8.78 Å². The number of tetrazole rings is 1. The van der Waals surface area contributed by atoms with E-state index in [1.165, 1.54) is 16.9 Å². The van der Waals surface area contributed by atoms with E-state index >= 15 is 0 Å². The number of halogens is 2. The van der Waals surface area contributed by atoms with Crippen LogP contribution < -0.4 is 5.73 Å². The highest BCUT2D eigenvalue weighted by atomic mass is 19.2. The first-order chi connectivity index (χ1) is 8.08. The minimum Gasteiger partial charge on any atom is -0.323 e. The molecule has 1 unspecified atom stereocenters. The summed E-state index contributed by atoms with van der Waals surface area (Å²) in [5.74, 6) is -1.45. The van der Waals surface area contributed by atoms with Crippen LogP contribution >= 0.6 is 0 Å². The Balaban J connectivity index is 2.20. The summed E-state index contributed by atoms with van der Waals surface area (Å²) in [5, 5.41) is 11.3. The molecule has 0 aliphatic heterocycles. The number of aromatic nitrogens is 4. The van der Waals surface area contributed by atoms with Gasteiger partial charge in [0, 0.05) is 18.0 Å². The van der Waals surface area contributed by atoms with Crippen LogP contribution in [0.25, 0.3) is 0 Å². The van der Waals surface area contributed by atoms with E-state index in [1.807, 2.05) is 0 Å². The molecule has 1 aromatic carbocycles. The van der Waals surface area contributed by atoms with Gasteiger partial charge in [-0.1, -0.05) is 12.1 Å². The van der Waals surface area contributed by atoms with E-state index in [4.69, 9.17) is 5.73 Å². The second-order valence-corrected chi connectivity index (χ2v) is 3.65.